The zero-order valence-electron chi connectivity index (χ0n) is 11.6. The minimum atomic E-state index is -0.920. The second-order valence-corrected chi connectivity index (χ2v) is 5.86. The van der Waals surface area contributed by atoms with Crippen LogP contribution in [0.25, 0.3) is 0 Å². The number of rotatable bonds is 6. The van der Waals surface area contributed by atoms with Gasteiger partial charge in [0.05, 0.1) is 6.04 Å². The van der Waals surface area contributed by atoms with E-state index in [2.05, 4.69) is 12.2 Å². The van der Waals surface area contributed by atoms with E-state index in [-0.39, 0.29) is 18.5 Å². The van der Waals surface area contributed by atoms with Crippen LogP contribution in [0.3, 0.4) is 0 Å². The fourth-order valence-corrected chi connectivity index (χ4v) is 2.78. The fraction of sp³-hybridized carbons (Fsp3) is 0.857. The standard InChI is InChI=1S/C14H24N2O3/c1-2-10-5-6-15-12(7-10)14(19)16(9-13(17)18)8-11-3-4-11/h10-12,15H,2-9H2,1H3,(H,17,18). The molecule has 2 fully saturated rings. The van der Waals surface area contributed by atoms with Gasteiger partial charge in [0.25, 0.3) is 0 Å². The highest BCUT2D eigenvalue weighted by atomic mass is 16.4. The smallest absolute Gasteiger partial charge is 0.323 e. The first-order chi connectivity index (χ1) is 9.10. The number of carbonyl (C=O) groups excluding carboxylic acids is 1. The molecular formula is C14H24N2O3. The minimum Gasteiger partial charge on any atom is -0.480 e. The lowest BCUT2D eigenvalue weighted by Gasteiger charge is -2.32. The molecule has 5 heteroatoms. The van der Waals surface area contributed by atoms with Gasteiger partial charge in [-0.2, -0.15) is 0 Å². The first kappa shape index (κ1) is 14.3. The molecular weight excluding hydrogens is 244 g/mol. The summed E-state index contributed by atoms with van der Waals surface area (Å²) in [6.45, 7) is 3.46. The molecule has 1 heterocycles. The molecule has 2 N–H and O–H groups in total. The van der Waals surface area contributed by atoms with Crippen LogP contribution >= 0.6 is 0 Å². The van der Waals surface area contributed by atoms with Crippen LogP contribution in [0.5, 0.6) is 0 Å². The van der Waals surface area contributed by atoms with E-state index >= 15 is 0 Å². The van der Waals surface area contributed by atoms with Gasteiger partial charge in [0.15, 0.2) is 0 Å². The summed E-state index contributed by atoms with van der Waals surface area (Å²) in [5, 5.41) is 12.2. The third kappa shape index (κ3) is 4.20. The highest BCUT2D eigenvalue weighted by molar-refractivity contribution is 5.85. The monoisotopic (exact) mass is 268 g/mol. The van der Waals surface area contributed by atoms with Crippen molar-refractivity contribution in [2.75, 3.05) is 19.6 Å². The van der Waals surface area contributed by atoms with Gasteiger partial charge in [-0.1, -0.05) is 13.3 Å². The summed E-state index contributed by atoms with van der Waals surface area (Å²) in [6.07, 6.45) is 5.29. The number of carbonyl (C=O) groups is 2. The third-order valence-electron chi connectivity index (χ3n) is 4.20. The third-order valence-corrected chi connectivity index (χ3v) is 4.20. The lowest BCUT2D eigenvalue weighted by Crippen LogP contribution is -2.51. The second kappa shape index (κ2) is 6.37. The van der Waals surface area contributed by atoms with Crippen molar-refractivity contribution in [1.82, 2.24) is 10.2 Å². The van der Waals surface area contributed by atoms with Gasteiger partial charge in [0.1, 0.15) is 6.54 Å². The number of carboxylic acids is 1. The van der Waals surface area contributed by atoms with Crippen LogP contribution < -0.4 is 5.32 Å². The fourth-order valence-electron chi connectivity index (χ4n) is 2.78. The molecule has 0 spiro atoms. The number of nitrogens with zero attached hydrogens (tertiary/aromatic N) is 1. The van der Waals surface area contributed by atoms with Crippen molar-refractivity contribution in [2.24, 2.45) is 11.8 Å². The van der Waals surface area contributed by atoms with Crippen molar-refractivity contribution in [3.63, 3.8) is 0 Å². The molecule has 0 aromatic carbocycles. The zero-order chi connectivity index (χ0) is 13.8. The zero-order valence-corrected chi connectivity index (χ0v) is 11.6. The van der Waals surface area contributed by atoms with Crippen LogP contribution in [0.15, 0.2) is 0 Å². The molecule has 0 radical (unpaired) electrons. The molecule has 2 atom stereocenters. The van der Waals surface area contributed by atoms with E-state index < -0.39 is 5.97 Å². The minimum absolute atomic E-state index is 0.0209. The van der Waals surface area contributed by atoms with Crippen molar-refractivity contribution in [1.29, 1.82) is 0 Å². The Morgan fingerprint density at radius 1 is 1.26 bits per heavy atom. The molecule has 1 amide bonds. The molecule has 0 aromatic heterocycles. The molecule has 108 valence electrons. The summed E-state index contributed by atoms with van der Waals surface area (Å²) >= 11 is 0. The summed E-state index contributed by atoms with van der Waals surface area (Å²) in [7, 11) is 0. The molecule has 2 unspecified atom stereocenters. The maximum Gasteiger partial charge on any atom is 0.323 e. The average molecular weight is 268 g/mol. The van der Waals surface area contributed by atoms with Gasteiger partial charge in [0.2, 0.25) is 5.91 Å². The highest BCUT2D eigenvalue weighted by Gasteiger charge is 2.33. The van der Waals surface area contributed by atoms with Gasteiger partial charge < -0.3 is 15.3 Å². The average Bonchev–Trinajstić information content (AvgIpc) is 3.20. The lowest BCUT2D eigenvalue weighted by atomic mass is 9.90. The predicted octanol–water partition coefficient (Wildman–Crippen LogP) is 1.09. The van der Waals surface area contributed by atoms with Crippen molar-refractivity contribution in [3.05, 3.63) is 0 Å². The first-order valence-corrected chi connectivity index (χ1v) is 7.34. The first-order valence-electron chi connectivity index (χ1n) is 7.34. The Balaban J connectivity index is 1.94. The summed E-state index contributed by atoms with van der Waals surface area (Å²) in [6, 6.07) is -0.184. The summed E-state index contributed by atoms with van der Waals surface area (Å²) < 4.78 is 0. The molecule has 19 heavy (non-hydrogen) atoms. The Hall–Kier alpha value is -1.10. The maximum atomic E-state index is 12.5. The summed E-state index contributed by atoms with van der Waals surface area (Å²) in [5.74, 6) is 0.168. The van der Waals surface area contributed by atoms with Crippen LogP contribution in [0.4, 0.5) is 0 Å². The van der Waals surface area contributed by atoms with Crippen molar-refractivity contribution < 1.29 is 14.7 Å². The van der Waals surface area contributed by atoms with Crippen LogP contribution in [-0.4, -0.2) is 47.6 Å². The Morgan fingerprint density at radius 2 is 2.00 bits per heavy atom. The van der Waals surface area contributed by atoms with Gasteiger partial charge >= 0.3 is 5.97 Å². The Morgan fingerprint density at radius 3 is 2.58 bits per heavy atom. The Labute approximate surface area is 114 Å². The number of hydrogen-bond donors (Lipinski definition) is 2. The number of aliphatic carboxylic acids is 1. The van der Waals surface area contributed by atoms with Crippen molar-refractivity contribution in [3.8, 4) is 0 Å². The van der Waals surface area contributed by atoms with Gasteiger partial charge in [-0.3, -0.25) is 9.59 Å². The van der Waals surface area contributed by atoms with E-state index in [0.29, 0.717) is 18.4 Å². The van der Waals surface area contributed by atoms with Crippen molar-refractivity contribution >= 4 is 11.9 Å². The van der Waals surface area contributed by atoms with E-state index in [1.807, 2.05) is 0 Å². The molecule has 2 rings (SSSR count). The van der Waals surface area contributed by atoms with Crippen LogP contribution in [-0.2, 0) is 9.59 Å². The number of amides is 1. The molecule has 0 aromatic rings. The van der Waals surface area contributed by atoms with Gasteiger partial charge in [-0.05, 0) is 44.1 Å². The maximum absolute atomic E-state index is 12.5. The molecule has 1 saturated heterocycles. The van der Waals surface area contributed by atoms with Gasteiger partial charge in [0, 0.05) is 6.54 Å². The summed E-state index contributed by atoms with van der Waals surface area (Å²) in [4.78, 5) is 24.9. The van der Waals surface area contributed by atoms with E-state index in [4.69, 9.17) is 5.11 Å². The van der Waals surface area contributed by atoms with E-state index in [9.17, 15) is 9.59 Å². The van der Waals surface area contributed by atoms with Crippen LogP contribution in [0.1, 0.15) is 39.0 Å². The summed E-state index contributed by atoms with van der Waals surface area (Å²) in [5.41, 5.74) is 0. The number of hydrogen-bond acceptors (Lipinski definition) is 3. The topological polar surface area (TPSA) is 69.6 Å². The largest absolute Gasteiger partial charge is 0.480 e. The quantitative estimate of drug-likeness (QED) is 0.756. The molecule has 0 bridgehead atoms. The lowest BCUT2D eigenvalue weighted by molar-refractivity contribution is -0.146. The van der Waals surface area contributed by atoms with Crippen molar-refractivity contribution in [2.45, 2.75) is 45.1 Å². The Bertz CT molecular complexity index is 342. The molecule has 1 aliphatic heterocycles. The Kier molecular flexibility index (Phi) is 4.80. The second-order valence-electron chi connectivity index (χ2n) is 5.86. The molecule has 2 aliphatic rings. The van der Waals surface area contributed by atoms with Gasteiger partial charge in [-0.15, -0.1) is 0 Å². The van der Waals surface area contributed by atoms with Gasteiger partial charge in [-0.25, -0.2) is 0 Å². The normalized spacial score (nSPS) is 27.0. The predicted molar refractivity (Wildman–Crippen MR) is 71.7 cm³/mol. The SMILES string of the molecule is CCC1CCNC(C(=O)N(CC(=O)O)CC2CC2)C1. The highest BCUT2D eigenvalue weighted by Crippen LogP contribution is 2.30. The number of piperidine rings is 1. The van der Waals surface area contributed by atoms with E-state index in [1.54, 1.807) is 0 Å². The van der Waals surface area contributed by atoms with Crippen LogP contribution in [0.2, 0.25) is 0 Å². The molecule has 1 saturated carbocycles. The van der Waals surface area contributed by atoms with E-state index in [0.717, 1.165) is 38.6 Å². The number of nitrogens with one attached hydrogen (secondary N) is 1. The number of carboxylic acid groups (broad SMARTS) is 1. The van der Waals surface area contributed by atoms with E-state index in [1.165, 1.54) is 4.90 Å². The molecule has 1 aliphatic carbocycles. The van der Waals surface area contributed by atoms with Crippen LogP contribution in [0, 0.1) is 11.8 Å². The molecule has 5 nitrogen and oxygen atoms in total.